The van der Waals surface area contributed by atoms with E-state index in [-0.39, 0.29) is 18.1 Å². The first-order chi connectivity index (χ1) is 9.80. The molecule has 2 atom stereocenters. The Hall–Kier alpha value is 0.0500. The Bertz CT molecular complexity index is 664. The van der Waals surface area contributed by atoms with Crippen molar-refractivity contribution in [3.8, 4) is 0 Å². The Morgan fingerprint density at radius 1 is 1.14 bits per heavy atom. The van der Waals surface area contributed by atoms with E-state index in [1.165, 1.54) is 0 Å². The molecule has 1 aromatic carbocycles. The monoisotopic (exact) mass is 436 g/mol. The summed E-state index contributed by atoms with van der Waals surface area (Å²) in [6.45, 7) is 1.94. The number of hydrogen-bond acceptors (Lipinski definition) is 3. The summed E-state index contributed by atoms with van der Waals surface area (Å²) in [6, 6.07) is 3.77. The molecule has 0 aliphatic carbocycles. The third kappa shape index (κ3) is 2.72. The van der Waals surface area contributed by atoms with Gasteiger partial charge >= 0.3 is 0 Å². The largest absolute Gasteiger partial charge is 0.328 e. The fourth-order valence-electron chi connectivity index (χ4n) is 3.51. The summed E-state index contributed by atoms with van der Waals surface area (Å²) in [5.74, 6) is 0. The predicted molar refractivity (Wildman–Crippen MR) is 89.6 cm³/mol. The van der Waals surface area contributed by atoms with Crippen LogP contribution in [0, 0.1) is 6.92 Å². The van der Waals surface area contributed by atoms with Gasteiger partial charge in [-0.05, 0) is 66.2 Å². The van der Waals surface area contributed by atoms with Crippen molar-refractivity contribution in [1.29, 1.82) is 0 Å². The highest BCUT2D eigenvalue weighted by molar-refractivity contribution is 9.11. The lowest BCUT2D eigenvalue weighted by atomic mass is 10.0. The van der Waals surface area contributed by atoms with Crippen molar-refractivity contribution in [3.05, 3.63) is 26.6 Å². The van der Waals surface area contributed by atoms with Gasteiger partial charge in [0, 0.05) is 27.1 Å². The Labute approximate surface area is 142 Å². The van der Waals surface area contributed by atoms with Gasteiger partial charge in [0.25, 0.3) is 0 Å². The van der Waals surface area contributed by atoms with Gasteiger partial charge in [-0.25, -0.2) is 8.42 Å². The van der Waals surface area contributed by atoms with Gasteiger partial charge in [-0.1, -0.05) is 15.9 Å². The fourth-order valence-corrected chi connectivity index (χ4v) is 7.04. The quantitative estimate of drug-likeness (QED) is 0.772. The maximum atomic E-state index is 13.1. The lowest BCUT2D eigenvalue weighted by Gasteiger charge is -2.36. The Morgan fingerprint density at radius 2 is 1.71 bits per heavy atom. The molecular formula is C14H18Br2N2O2S. The van der Waals surface area contributed by atoms with Crippen molar-refractivity contribution < 1.29 is 8.42 Å². The molecule has 2 aliphatic heterocycles. The van der Waals surface area contributed by atoms with E-state index in [4.69, 9.17) is 5.73 Å². The second-order valence-corrected chi connectivity index (χ2v) is 9.50. The summed E-state index contributed by atoms with van der Waals surface area (Å²) in [7, 11) is -3.49. The normalized spacial score (nSPS) is 29.8. The number of halogens is 2. The van der Waals surface area contributed by atoms with Gasteiger partial charge in [0.2, 0.25) is 10.0 Å². The molecule has 2 aliphatic rings. The maximum absolute atomic E-state index is 13.1. The van der Waals surface area contributed by atoms with Crippen molar-refractivity contribution in [2.24, 2.45) is 5.73 Å². The van der Waals surface area contributed by atoms with Crippen LogP contribution < -0.4 is 5.73 Å². The molecule has 21 heavy (non-hydrogen) atoms. The van der Waals surface area contributed by atoms with E-state index < -0.39 is 10.0 Å². The van der Waals surface area contributed by atoms with Crippen LogP contribution in [0.5, 0.6) is 0 Å². The standard InChI is InChI=1S/C14H18Br2N2O2S/c1-8-4-13(16)14(7-12(8)15)21(19,20)18-10-2-3-11(18)6-9(17)5-10/h4,7,9-11H,2-3,5-6,17H2,1H3. The molecule has 1 aromatic rings. The first-order valence-electron chi connectivity index (χ1n) is 7.05. The number of rotatable bonds is 2. The van der Waals surface area contributed by atoms with Gasteiger partial charge in [0.05, 0.1) is 4.90 Å². The van der Waals surface area contributed by atoms with E-state index in [0.717, 1.165) is 35.7 Å². The molecular weight excluding hydrogens is 420 g/mol. The zero-order valence-corrected chi connectivity index (χ0v) is 15.7. The number of benzene rings is 1. The van der Waals surface area contributed by atoms with Crippen LogP contribution in [-0.2, 0) is 10.0 Å². The van der Waals surface area contributed by atoms with Gasteiger partial charge in [-0.2, -0.15) is 4.31 Å². The Kier molecular flexibility index (Phi) is 4.25. The number of fused-ring (bicyclic) bond motifs is 2. The number of sulfonamides is 1. The van der Waals surface area contributed by atoms with Crippen LogP contribution in [0.15, 0.2) is 26.0 Å². The lowest BCUT2D eigenvalue weighted by molar-refractivity contribution is 0.227. The molecule has 116 valence electrons. The van der Waals surface area contributed by atoms with E-state index in [2.05, 4.69) is 31.9 Å². The van der Waals surface area contributed by atoms with Crippen LogP contribution in [0.1, 0.15) is 31.2 Å². The molecule has 0 amide bonds. The molecule has 4 nitrogen and oxygen atoms in total. The van der Waals surface area contributed by atoms with E-state index in [9.17, 15) is 8.42 Å². The summed E-state index contributed by atoms with van der Waals surface area (Å²) in [5, 5.41) is 0. The smallest absolute Gasteiger partial charge is 0.244 e. The van der Waals surface area contributed by atoms with Gasteiger partial charge in [0.1, 0.15) is 0 Å². The van der Waals surface area contributed by atoms with E-state index >= 15 is 0 Å². The highest BCUT2D eigenvalue weighted by Gasteiger charge is 2.46. The van der Waals surface area contributed by atoms with Crippen molar-refractivity contribution in [3.63, 3.8) is 0 Å². The third-order valence-electron chi connectivity index (χ3n) is 4.47. The highest BCUT2D eigenvalue weighted by Crippen LogP contribution is 2.41. The van der Waals surface area contributed by atoms with Crippen LogP contribution >= 0.6 is 31.9 Å². The Balaban J connectivity index is 2.04. The molecule has 2 fully saturated rings. The fraction of sp³-hybridized carbons (Fsp3) is 0.571. The molecule has 2 N–H and O–H groups in total. The molecule has 7 heteroatoms. The van der Waals surface area contributed by atoms with Crippen molar-refractivity contribution in [1.82, 2.24) is 4.31 Å². The van der Waals surface area contributed by atoms with E-state index in [1.807, 2.05) is 13.0 Å². The zero-order chi connectivity index (χ0) is 15.4. The molecule has 2 unspecified atom stereocenters. The van der Waals surface area contributed by atoms with Crippen molar-refractivity contribution >= 4 is 41.9 Å². The highest BCUT2D eigenvalue weighted by atomic mass is 79.9. The van der Waals surface area contributed by atoms with Crippen molar-refractivity contribution in [2.45, 2.75) is 55.6 Å². The SMILES string of the molecule is Cc1cc(Br)c(S(=O)(=O)N2C3CCC2CC(N)C3)cc1Br. The third-order valence-corrected chi connectivity index (χ3v) is 8.29. The minimum absolute atomic E-state index is 0.0516. The van der Waals surface area contributed by atoms with Crippen LogP contribution in [-0.4, -0.2) is 30.8 Å². The number of nitrogens with two attached hydrogens (primary N) is 1. The predicted octanol–water partition coefficient (Wildman–Crippen LogP) is 3.16. The summed E-state index contributed by atoms with van der Waals surface area (Å²) in [5.41, 5.74) is 7.04. The van der Waals surface area contributed by atoms with Gasteiger partial charge in [-0.3, -0.25) is 0 Å². The van der Waals surface area contributed by atoms with Gasteiger partial charge in [0.15, 0.2) is 0 Å². The molecule has 2 heterocycles. The Morgan fingerprint density at radius 3 is 2.29 bits per heavy atom. The number of aryl methyl sites for hydroxylation is 1. The van der Waals surface area contributed by atoms with E-state index in [0.29, 0.717) is 9.37 Å². The molecule has 0 spiro atoms. The molecule has 3 rings (SSSR count). The topological polar surface area (TPSA) is 63.4 Å². The second-order valence-electron chi connectivity index (χ2n) is 5.98. The molecule has 2 saturated heterocycles. The van der Waals surface area contributed by atoms with Crippen LogP contribution in [0.4, 0.5) is 0 Å². The number of hydrogen-bond donors (Lipinski definition) is 1. The minimum atomic E-state index is -3.49. The first-order valence-corrected chi connectivity index (χ1v) is 10.1. The second kappa shape index (κ2) is 5.60. The molecule has 2 bridgehead atoms. The summed E-state index contributed by atoms with van der Waals surface area (Å²) in [4.78, 5) is 0.340. The van der Waals surface area contributed by atoms with E-state index in [1.54, 1.807) is 10.4 Å². The molecule has 0 radical (unpaired) electrons. The minimum Gasteiger partial charge on any atom is -0.328 e. The van der Waals surface area contributed by atoms with Gasteiger partial charge < -0.3 is 5.73 Å². The van der Waals surface area contributed by atoms with Gasteiger partial charge in [-0.15, -0.1) is 0 Å². The summed E-state index contributed by atoms with van der Waals surface area (Å²) in [6.07, 6.45) is 3.37. The first kappa shape index (κ1) is 15.9. The molecule has 0 saturated carbocycles. The van der Waals surface area contributed by atoms with Crippen LogP contribution in [0.3, 0.4) is 0 Å². The summed E-state index contributed by atoms with van der Waals surface area (Å²) >= 11 is 6.83. The molecule has 0 aromatic heterocycles. The average Bonchev–Trinajstić information content (AvgIpc) is 2.67. The average molecular weight is 438 g/mol. The zero-order valence-electron chi connectivity index (χ0n) is 11.7. The summed E-state index contributed by atoms with van der Waals surface area (Å²) < 4.78 is 29.3. The van der Waals surface area contributed by atoms with Crippen LogP contribution in [0.2, 0.25) is 0 Å². The lowest BCUT2D eigenvalue weighted by Crippen LogP contribution is -2.50. The number of nitrogens with zero attached hydrogens (tertiary/aromatic N) is 1. The number of piperidine rings is 1. The maximum Gasteiger partial charge on any atom is 0.244 e. The van der Waals surface area contributed by atoms with Crippen LogP contribution in [0.25, 0.3) is 0 Å². The van der Waals surface area contributed by atoms with Crippen molar-refractivity contribution in [2.75, 3.05) is 0 Å².